The molecule has 0 saturated carbocycles. The molecule has 0 unspecified atom stereocenters. The van der Waals surface area contributed by atoms with Gasteiger partial charge in [0.2, 0.25) is 0 Å². The van der Waals surface area contributed by atoms with E-state index in [9.17, 15) is 0 Å². The van der Waals surface area contributed by atoms with Crippen LogP contribution in [0.25, 0.3) is 0 Å². The molecule has 0 aromatic heterocycles. The number of hydrogen-bond acceptors (Lipinski definition) is 4. The van der Waals surface area contributed by atoms with Crippen LogP contribution >= 0.6 is 0 Å². The molecular weight excluding hydrogens is 223 g/mol. The summed E-state index contributed by atoms with van der Waals surface area (Å²) in [4.78, 5) is 3.36. The van der Waals surface area contributed by atoms with Crippen LogP contribution in [-0.4, -0.2) is 61.7 Å². The molecular formula is C6H18ClFeN2O2-. The zero-order chi connectivity index (χ0) is 8.57. The zero-order valence-corrected chi connectivity index (χ0v) is 9.79. The largest absolute Gasteiger partial charge is 1.00 e. The van der Waals surface area contributed by atoms with Crippen LogP contribution < -0.4 is 12.4 Å². The Morgan fingerprint density at radius 2 is 0.917 bits per heavy atom. The zero-order valence-electron chi connectivity index (χ0n) is 7.93. The van der Waals surface area contributed by atoms with Crippen molar-refractivity contribution in [2.24, 2.45) is 0 Å². The molecule has 0 rings (SSSR count). The summed E-state index contributed by atoms with van der Waals surface area (Å²) in [5, 5.41) is 16.1. The Labute approximate surface area is 91.4 Å². The van der Waals surface area contributed by atoms with Crippen molar-refractivity contribution in [3.63, 3.8) is 0 Å². The Kier molecular flexibility index (Phi) is 33.8. The van der Waals surface area contributed by atoms with E-state index >= 15 is 0 Å². The van der Waals surface area contributed by atoms with E-state index in [1.807, 2.05) is 0 Å². The SMILES string of the molecule is CN(C)CO.CN(C)CO.[Cl-].[Fe]. The van der Waals surface area contributed by atoms with Gasteiger partial charge in [-0.2, -0.15) is 0 Å². The van der Waals surface area contributed by atoms with Crippen LogP contribution in [0.1, 0.15) is 0 Å². The fourth-order valence-electron chi connectivity index (χ4n) is 0. The van der Waals surface area contributed by atoms with Crippen LogP contribution in [0.2, 0.25) is 0 Å². The van der Waals surface area contributed by atoms with E-state index < -0.39 is 0 Å². The second-order valence-electron chi connectivity index (χ2n) is 2.44. The quantitative estimate of drug-likeness (QED) is 0.382. The summed E-state index contributed by atoms with van der Waals surface area (Å²) in [7, 11) is 7.22. The third-order valence-corrected chi connectivity index (χ3v) is 0.566. The van der Waals surface area contributed by atoms with Gasteiger partial charge in [-0.25, -0.2) is 0 Å². The van der Waals surface area contributed by atoms with E-state index in [1.165, 1.54) is 0 Å². The van der Waals surface area contributed by atoms with Gasteiger partial charge in [-0.1, -0.05) is 0 Å². The van der Waals surface area contributed by atoms with Gasteiger partial charge in [0.15, 0.2) is 0 Å². The van der Waals surface area contributed by atoms with Crippen molar-refractivity contribution in [2.75, 3.05) is 41.7 Å². The number of rotatable bonds is 2. The summed E-state index contributed by atoms with van der Waals surface area (Å²) < 4.78 is 0. The summed E-state index contributed by atoms with van der Waals surface area (Å²) in [6.07, 6.45) is 0. The Bertz CT molecular complexity index is 59.5. The molecule has 0 saturated heterocycles. The minimum atomic E-state index is 0. The monoisotopic (exact) mass is 241 g/mol. The predicted molar refractivity (Wildman–Crippen MR) is 41.5 cm³/mol. The smallest absolute Gasteiger partial charge is 0.0951 e. The molecule has 0 aliphatic carbocycles. The van der Waals surface area contributed by atoms with Crippen LogP contribution in [-0.2, 0) is 17.1 Å². The summed E-state index contributed by atoms with van der Waals surface area (Å²) in [6.45, 7) is 0.278. The Morgan fingerprint density at radius 3 is 0.917 bits per heavy atom. The third-order valence-electron chi connectivity index (χ3n) is 0.566. The van der Waals surface area contributed by atoms with Gasteiger partial charge in [0, 0.05) is 17.1 Å². The third kappa shape index (κ3) is 45.9. The fraction of sp³-hybridized carbons (Fsp3) is 1.00. The summed E-state index contributed by atoms with van der Waals surface area (Å²) in [5.41, 5.74) is 0. The molecule has 0 atom stereocenters. The van der Waals surface area contributed by atoms with Crippen molar-refractivity contribution in [2.45, 2.75) is 0 Å². The number of aliphatic hydroxyl groups excluding tert-OH is 2. The van der Waals surface area contributed by atoms with Crippen molar-refractivity contribution >= 4 is 0 Å². The maximum Gasteiger partial charge on any atom is 0.0951 e. The molecule has 0 aliphatic rings. The van der Waals surface area contributed by atoms with Gasteiger partial charge in [-0.3, -0.25) is 9.80 Å². The first kappa shape index (κ1) is 22.9. The Hall–Kier alpha value is 0.649. The first-order chi connectivity index (χ1) is 4.54. The number of nitrogens with zero attached hydrogens (tertiary/aromatic N) is 2. The minimum absolute atomic E-state index is 0. The van der Waals surface area contributed by atoms with Crippen LogP contribution in [0.15, 0.2) is 0 Å². The molecule has 0 fully saturated rings. The van der Waals surface area contributed by atoms with Crippen molar-refractivity contribution in [1.82, 2.24) is 9.80 Å². The average Bonchev–Trinajstić information content (AvgIpc) is 1.89. The summed E-state index contributed by atoms with van der Waals surface area (Å²) >= 11 is 0. The van der Waals surface area contributed by atoms with E-state index in [0.717, 1.165) is 0 Å². The average molecular weight is 242 g/mol. The van der Waals surface area contributed by atoms with E-state index in [-0.39, 0.29) is 42.9 Å². The van der Waals surface area contributed by atoms with E-state index in [1.54, 1.807) is 38.0 Å². The normalized spacial score (nSPS) is 8.00. The maximum absolute atomic E-state index is 8.07. The molecule has 0 radical (unpaired) electrons. The first-order valence-corrected chi connectivity index (χ1v) is 3.05. The standard InChI is InChI=1S/2C3H9NO.ClH.Fe/c2*1-4(2)3-5;;/h2*5H,3H2,1-2H3;1H;/p-1. The molecule has 0 heterocycles. The molecule has 0 aromatic rings. The van der Waals surface area contributed by atoms with Crippen molar-refractivity contribution < 1.29 is 39.7 Å². The molecule has 0 amide bonds. The molecule has 0 bridgehead atoms. The Balaban J connectivity index is -0.0000000457. The van der Waals surface area contributed by atoms with Crippen molar-refractivity contribution in [3.05, 3.63) is 0 Å². The molecule has 2 N–H and O–H groups in total. The Morgan fingerprint density at radius 1 is 0.833 bits per heavy atom. The predicted octanol–water partition coefficient (Wildman–Crippen LogP) is -4.00. The van der Waals surface area contributed by atoms with Gasteiger partial charge in [0.25, 0.3) is 0 Å². The summed E-state index contributed by atoms with van der Waals surface area (Å²) in [5.74, 6) is 0. The molecule has 4 nitrogen and oxygen atoms in total. The van der Waals surface area contributed by atoms with Gasteiger partial charge < -0.3 is 22.6 Å². The molecule has 0 spiro atoms. The van der Waals surface area contributed by atoms with Gasteiger partial charge in [0.1, 0.15) is 0 Å². The minimum Gasteiger partial charge on any atom is -1.00 e. The molecule has 0 aromatic carbocycles. The molecule has 12 heavy (non-hydrogen) atoms. The van der Waals surface area contributed by atoms with Crippen LogP contribution in [0.4, 0.5) is 0 Å². The van der Waals surface area contributed by atoms with Crippen molar-refractivity contribution in [3.8, 4) is 0 Å². The van der Waals surface area contributed by atoms with Crippen LogP contribution in [0.5, 0.6) is 0 Å². The second kappa shape index (κ2) is 17.7. The van der Waals surface area contributed by atoms with E-state index in [2.05, 4.69) is 0 Å². The van der Waals surface area contributed by atoms with Gasteiger partial charge >= 0.3 is 0 Å². The maximum atomic E-state index is 8.07. The van der Waals surface area contributed by atoms with E-state index in [4.69, 9.17) is 10.2 Å². The van der Waals surface area contributed by atoms with Gasteiger partial charge in [-0.05, 0) is 28.2 Å². The number of hydrogen-bond donors (Lipinski definition) is 2. The number of halogens is 1. The topological polar surface area (TPSA) is 46.9 Å². The number of aliphatic hydroxyl groups is 2. The second-order valence-corrected chi connectivity index (χ2v) is 2.44. The van der Waals surface area contributed by atoms with E-state index in [0.29, 0.717) is 0 Å². The molecule has 0 aliphatic heterocycles. The molecule has 6 heteroatoms. The fourth-order valence-corrected chi connectivity index (χ4v) is 0. The first-order valence-electron chi connectivity index (χ1n) is 3.05. The van der Waals surface area contributed by atoms with Crippen LogP contribution in [0, 0.1) is 0 Å². The van der Waals surface area contributed by atoms with Crippen molar-refractivity contribution in [1.29, 1.82) is 0 Å². The summed E-state index contributed by atoms with van der Waals surface area (Å²) in [6, 6.07) is 0. The molecule has 80 valence electrons. The van der Waals surface area contributed by atoms with Gasteiger partial charge in [-0.15, -0.1) is 0 Å². The van der Waals surface area contributed by atoms with Crippen LogP contribution in [0.3, 0.4) is 0 Å². The van der Waals surface area contributed by atoms with Gasteiger partial charge in [0.05, 0.1) is 13.5 Å².